The molecule has 2 aromatic rings. The summed E-state index contributed by atoms with van der Waals surface area (Å²) in [6.07, 6.45) is -4.78. The van der Waals surface area contributed by atoms with Crippen LogP contribution in [0, 0.1) is 0 Å². The van der Waals surface area contributed by atoms with Crippen molar-refractivity contribution in [3.63, 3.8) is 0 Å². The van der Waals surface area contributed by atoms with Crippen molar-refractivity contribution in [1.29, 1.82) is 0 Å². The Morgan fingerprint density at radius 2 is 2.00 bits per heavy atom. The molecule has 1 aromatic heterocycles. The third-order valence-electron chi connectivity index (χ3n) is 1.83. The van der Waals surface area contributed by atoms with Gasteiger partial charge in [-0.05, 0) is 18.2 Å². The summed E-state index contributed by atoms with van der Waals surface area (Å²) in [4.78, 5) is 14.4. The molecule has 0 amide bonds. The zero-order valence-electron chi connectivity index (χ0n) is 7.51. The molecule has 2 rings (SSSR count). The summed E-state index contributed by atoms with van der Waals surface area (Å²) < 4.78 is 40.8. The highest BCUT2D eigenvalue weighted by molar-refractivity contribution is 6.31. The van der Waals surface area contributed by atoms with E-state index >= 15 is 0 Å². The van der Waals surface area contributed by atoms with Crippen LogP contribution in [0.4, 0.5) is 13.2 Å². The summed E-state index contributed by atoms with van der Waals surface area (Å²) in [6.45, 7) is 0. The van der Waals surface area contributed by atoms with Gasteiger partial charge < -0.3 is 4.42 Å². The number of benzene rings is 1. The first-order valence-corrected chi connectivity index (χ1v) is 4.43. The maximum absolute atomic E-state index is 12.3. The highest BCUT2D eigenvalue weighted by atomic mass is 35.5. The van der Waals surface area contributed by atoms with Crippen molar-refractivity contribution in [2.45, 2.75) is 6.18 Å². The van der Waals surface area contributed by atoms with E-state index in [0.29, 0.717) is 0 Å². The molecule has 84 valence electrons. The van der Waals surface area contributed by atoms with Crippen molar-refractivity contribution in [3.05, 3.63) is 39.5 Å². The second kappa shape index (κ2) is 3.48. The summed E-state index contributed by atoms with van der Waals surface area (Å²) in [7, 11) is 0. The third kappa shape index (κ3) is 1.88. The second-order valence-corrected chi connectivity index (χ2v) is 3.40. The maximum atomic E-state index is 12.3. The van der Waals surface area contributed by atoms with Gasteiger partial charge in [-0.1, -0.05) is 11.6 Å². The van der Waals surface area contributed by atoms with Gasteiger partial charge >= 0.3 is 17.7 Å². The summed E-state index contributed by atoms with van der Waals surface area (Å²) in [6, 6.07) is 3.77. The predicted octanol–water partition coefficient (Wildman–Crippen LogP) is 2.86. The van der Waals surface area contributed by atoms with Gasteiger partial charge in [0.05, 0.1) is 10.9 Å². The van der Waals surface area contributed by atoms with Gasteiger partial charge in [-0.25, -0.2) is 9.78 Å². The van der Waals surface area contributed by atoms with Crippen LogP contribution in [-0.2, 0) is 6.18 Å². The van der Waals surface area contributed by atoms with Gasteiger partial charge in [0.25, 0.3) is 0 Å². The number of rotatable bonds is 0. The fraction of sp³-hybridized carbons (Fsp3) is 0.111. The predicted molar refractivity (Wildman–Crippen MR) is 50.3 cm³/mol. The van der Waals surface area contributed by atoms with Crippen LogP contribution in [0.3, 0.4) is 0 Å². The van der Waals surface area contributed by atoms with Crippen molar-refractivity contribution in [2.24, 2.45) is 0 Å². The lowest BCUT2D eigenvalue weighted by molar-refractivity contribution is -0.158. The number of nitrogens with zero attached hydrogens (tertiary/aromatic N) is 1. The Labute approximate surface area is 91.5 Å². The molecule has 0 aliphatic rings. The quantitative estimate of drug-likeness (QED) is 0.721. The summed E-state index contributed by atoms with van der Waals surface area (Å²) >= 11 is 5.59. The highest BCUT2D eigenvalue weighted by Gasteiger charge is 2.37. The van der Waals surface area contributed by atoms with Crippen LogP contribution in [-0.4, -0.2) is 4.98 Å². The number of aromatic nitrogens is 1. The van der Waals surface area contributed by atoms with Gasteiger partial charge in [0.1, 0.15) is 0 Å². The molecule has 0 unspecified atom stereocenters. The molecule has 1 heterocycles. The largest absolute Gasteiger partial charge is 0.469 e. The van der Waals surface area contributed by atoms with E-state index in [1.54, 1.807) is 0 Å². The molecule has 3 nitrogen and oxygen atoms in total. The molecule has 0 N–H and O–H groups in total. The molecule has 7 heteroatoms. The van der Waals surface area contributed by atoms with Crippen LogP contribution in [0.25, 0.3) is 10.9 Å². The molecule has 0 spiro atoms. The number of hydrogen-bond donors (Lipinski definition) is 0. The maximum Gasteiger partial charge on any atom is 0.469 e. The molecule has 0 bridgehead atoms. The van der Waals surface area contributed by atoms with Gasteiger partial charge in [-0.15, -0.1) is 0 Å². The van der Waals surface area contributed by atoms with Crippen LogP contribution in [0.2, 0.25) is 5.02 Å². The average molecular weight is 250 g/mol. The topological polar surface area (TPSA) is 43.1 Å². The van der Waals surface area contributed by atoms with E-state index in [9.17, 15) is 18.0 Å². The van der Waals surface area contributed by atoms with E-state index < -0.39 is 17.7 Å². The van der Waals surface area contributed by atoms with E-state index in [0.717, 1.165) is 0 Å². The summed E-state index contributed by atoms with van der Waals surface area (Å²) in [5, 5.41) is 0.141. The Morgan fingerprint density at radius 3 is 2.62 bits per heavy atom. The molecular formula is C9H3ClF3NO2. The van der Waals surface area contributed by atoms with E-state index in [1.807, 2.05) is 0 Å². The molecule has 0 radical (unpaired) electrons. The number of alkyl halides is 3. The lowest BCUT2D eigenvalue weighted by atomic mass is 10.2. The summed E-state index contributed by atoms with van der Waals surface area (Å²) in [5.41, 5.74) is -1.21. The lowest BCUT2D eigenvalue weighted by Gasteiger charge is -2.04. The first-order chi connectivity index (χ1) is 7.38. The Balaban J connectivity index is 2.79. The molecule has 0 atom stereocenters. The van der Waals surface area contributed by atoms with Gasteiger partial charge in [-0.3, -0.25) is 0 Å². The zero-order chi connectivity index (χ0) is 11.9. The summed E-state index contributed by atoms with van der Waals surface area (Å²) in [5.74, 6) is -1.56. The van der Waals surface area contributed by atoms with E-state index in [1.165, 1.54) is 18.2 Å². The van der Waals surface area contributed by atoms with Gasteiger partial charge in [-0.2, -0.15) is 13.2 Å². The van der Waals surface area contributed by atoms with Crippen molar-refractivity contribution >= 4 is 22.5 Å². The third-order valence-corrected chi connectivity index (χ3v) is 2.07. The Morgan fingerprint density at radius 1 is 1.31 bits per heavy atom. The minimum absolute atomic E-state index is 0.0829. The molecule has 0 aliphatic heterocycles. The zero-order valence-corrected chi connectivity index (χ0v) is 8.26. The van der Waals surface area contributed by atoms with Crippen LogP contribution in [0.15, 0.2) is 27.4 Å². The van der Waals surface area contributed by atoms with Gasteiger partial charge in [0.2, 0.25) is 0 Å². The SMILES string of the molecule is O=c1oc(C(F)(F)F)nc2ccc(Cl)cc12. The number of halogens is 4. The van der Waals surface area contributed by atoms with Crippen LogP contribution < -0.4 is 5.63 Å². The molecule has 0 fully saturated rings. The van der Waals surface area contributed by atoms with Crippen molar-refractivity contribution in [2.75, 3.05) is 0 Å². The highest BCUT2D eigenvalue weighted by Crippen LogP contribution is 2.27. The lowest BCUT2D eigenvalue weighted by Crippen LogP contribution is -2.13. The molecule has 0 saturated heterocycles. The van der Waals surface area contributed by atoms with Crippen LogP contribution in [0.5, 0.6) is 0 Å². The minimum atomic E-state index is -4.78. The van der Waals surface area contributed by atoms with Gasteiger partial charge in [0.15, 0.2) is 0 Å². The van der Waals surface area contributed by atoms with Crippen molar-refractivity contribution in [3.8, 4) is 0 Å². The molecule has 0 aliphatic carbocycles. The fourth-order valence-electron chi connectivity index (χ4n) is 1.17. The van der Waals surface area contributed by atoms with Crippen molar-refractivity contribution in [1.82, 2.24) is 4.98 Å². The Kier molecular flexibility index (Phi) is 2.38. The standard InChI is InChI=1S/C9H3ClF3NO2/c10-4-1-2-6-5(3-4)7(15)16-8(14-6)9(11,12)13/h1-3H. The normalized spacial score (nSPS) is 12.0. The smallest absolute Gasteiger partial charge is 0.398 e. The molecule has 16 heavy (non-hydrogen) atoms. The van der Waals surface area contributed by atoms with Gasteiger partial charge in [0, 0.05) is 5.02 Å². The van der Waals surface area contributed by atoms with Crippen LogP contribution >= 0.6 is 11.6 Å². The van der Waals surface area contributed by atoms with E-state index in [-0.39, 0.29) is 15.9 Å². The Bertz CT molecular complexity index is 606. The average Bonchev–Trinajstić information content (AvgIpc) is 2.17. The first kappa shape index (κ1) is 10.9. The van der Waals surface area contributed by atoms with Crippen molar-refractivity contribution < 1.29 is 17.6 Å². The number of fused-ring (bicyclic) bond motifs is 1. The Hall–Kier alpha value is -1.56. The van der Waals surface area contributed by atoms with E-state index in [4.69, 9.17) is 11.6 Å². The van der Waals surface area contributed by atoms with Crippen LogP contribution in [0.1, 0.15) is 5.89 Å². The molecule has 0 saturated carbocycles. The monoisotopic (exact) mass is 249 g/mol. The molecular weight excluding hydrogens is 247 g/mol. The minimum Gasteiger partial charge on any atom is -0.398 e. The second-order valence-electron chi connectivity index (χ2n) is 2.97. The first-order valence-electron chi connectivity index (χ1n) is 4.05. The molecule has 1 aromatic carbocycles. The fourth-order valence-corrected chi connectivity index (χ4v) is 1.34. The number of hydrogen-bond acceptors (Lipinski definition) is 3. The van der Waals surface area contributed by atoms with E-state index in [2.05, 4.69) is 9.40 Å².